The Kier molecular flexibility index (Phi) is 4.28. The highest BCUT2D eigenvalue weighted by atomic mass is 16.2. The smallest absolute Gasteiger partial charge is 0.254 e. The molecule has 1 amide bonds. The molecule has 0 aromatic heterocycles. The van der Waals surface area contributed by atoms with Crippen LogP contribution >= 0.6 is 0 Å². The van der Waals surface area contributed by atoms with Gasteiger partial charge in [0.2, 0.25) is 0 Å². The Morgan fingerprint density at radius 3 is 2.62 bits per heavy atom. The van der Waals surface area contributed by atoms with E-state index in [1.807, 2.05) is 7.05 Å². The van der Waals surface area contributed by atoms with Crippen LogP contribution in [0.5, 0.6) is 0 Å². The maximum absolute atomic E-state index is 13.1. The summed E-state index contributed by atoms with van der Waals surface area (Å²) in [7, 11) is 2.01. The molecule has 0 spiro atoms. The van der Waals surface area contributed by atoms with Gasteiger partial charge in [-0.05, 0) is 79.6 Å². The first kappa shape index (κ1) is 15.6. The molecule has 126 valence electrons. The van der Waals surface area contributed by atoms with Gasteiger partial charge in [0.05, 0.1) is 0 Å². The number of piperidine rings is 1. The SMILES string of the molecule is CNCCC1CCN(C(=O)c2ccc3c4c(cccc24)CC3)CC1. The minimum Gasteiger partial charge on any atom is -0.339 e. The average Bonchev–Trinajstić information content (AvgIpc) is 3.05. The van der Waals surface area contributed by atoms with E-state index in [2.05, 4.69) is 40.5 Å². The number of carbonyl (C=O) groups is 1. The third kappa shape index (κ3) is 2.71. The second kappa shape index (κ2) is 6.56. The normalized spacial score (nSPS) is 17.6. The summed E-state index contributed by atoms with van der Waals surface area (Å²) in [6.07, 6.45) is 5.71. The van der Waals surface area contributed by atoms with Gasteiger partial charge in [0.25, 0.3) is 5.91 Å². The Bertz CT molecular complexity index is 750. The van der Waals surface area contributed by atoms with Gasteiger partial charge in [-0.3, -0.25) is 4.79 Å². The van der Waals surface area contributed by atoms with Gasteiger partial charge < -0.3 is 10.2 Å². The Morgan fingerprint density at radius 2 is 1.88 bits per heavy atom. The predicted octanol–water partition coefficient (Wildman–Crippen LogP) is 3.40. The van der Waals surface area contributed by atoms with E-state index in [1.54, 1.807) is 0 Å². The quantitative estimate of drug-likeness (QED) is 0.936. The van der Waals surface area contributed by atoms with Crippen LogP contribution in [0.4, 0.5) is 0 Å². The van der Waals surface area contributed by atoms with Crippen molar-refractivity contribution in [1.82, 2.24) is 10.2 Å². The molecular weight excluding hydrogens is 296 g/mol. The summed E-state index contributed by atoms with van der Waals surface area (Å²) in [5.74, 6) is 0.979. The molecule has 0 radical (unpaired) electrons. The van der Waals surface area contributed by atoms with Crippen molar-refractivity contribution in [2.75, 3.05) is 26.7 Å². The summed E-state index contributed by atoms with van der Waals surface area (Å²) >= 11 is 0. The van der Waals surface area contributed by atoms with Gasteiger partial charge in [-0.1, -0.05) is 24.3 Å². The largest absolute Gasteiger partial charge is 0.339 e. The highest BCUT2D eigenvalue weighted by Gasteiger charge is 2.25. The van der Waals surface area contributed by atoms with Gasteiger partial charge in [-0.25, -0.2) is 0 Å². The maximum Gasteiger partial charge on any atom is 0.254 e. The van der Waals surface area contributed by atoms with Crippen molar-refractivity contribution >= 4 is 16.7 Å². The zero-order valence-corrected chi connectivity index (χ0v) is 14.5. The van der Waals surface area contributed by atoms with Crippen LogP contribution in [0.15, 0.2) is 30.3 Å². The van der Waals surface area contributed by atoms with E-state index < -0.39 is 0 Å². The third-order valence-corrected chi connectivity index (χ3v) is 5.81. The van der Waals surface area contributed by atoms with Gasteiger partial charge in [0.15, 0.2) is 0 Å². The van der Waals surface area contributed by atoms with Gasteiger partial charge >= 0.3 is 0 Å². The van der Waals surface area contributed by atoms with Crippen LogP contribution in [0.1, 0.15) is 40.7 Å². The molecule has 4 rings (SSSR count). The molecule has 1 aliphatic carbocycles. The molecule has 0 saturated carbocycles. The van der Waals surface area contributed by atoms with E-state index in [1.165, 1.54) is 22.9 Å². The van der Waals surface area contributed by atoms with Gasteiger partial charge in [0.1, 0.15) is 0 Å². The molecule has 0 unspecified atom stereocenters. The minimum absolute atomic E-state index is 0.220. The van der Waals surface area contributed by atoms with E-state index in [-0.39, 0.29) is 5.91 Å². The second-order valence-electron chi connectivity index (χ2n) is 7.24. The average molecular weight is 322 g/mol. The maximum atomic E-state index is 13.1. The number of hydrogen-bond donors (Lipinski definition) is 1. The number of nitrogens with zero attached hydrogens (tertiary/aromatic N) is 1. The number of rotatable bonds is 4. The molecular formula is C21H26N2O. The number of amides is 1. The Hall–Kier alpha value is -1.87. The van der Waals surface area contributed by atoms with Crippen LogP contribution in [-0.2, 0) is 12.8 Å². The highest BCUT2D eigenvalue weighted by molar-refractivity contribution is 6.09. The summed E-state index contributed by atoms with van der Waals surface area (Å²) in [6, 6.07) is 10.7. The standard InChI is InChI=1S/C21H26N2O/c1-22-12-9-15-10-13-23(14-11-15)21(24)19-8-7-17-6-5-16-3-2-4-18(19)20(16)17/h2-4,7-8,15,22H,5-6,9-14H2,1H3. The molecule has 1 saturated heterocycles. The second-order valence-corrected chi connectivity index (χ2v) is 7.24. The lowest BCUT2D eigenvalue weighted by Gasteiger charge is -2.32. The molecule has 24 heavy (non-hydrogen) atoms. The number of likely N-dealkylation sites (tertiary alicyclic amines) is 1. The summed E-state index contributed by atoms with van der Waals surface area (Å²) in [6.45, 7) is 2.87. The van der Waals surface area contributed by atoms with E-state index in [9.17, 15) is 4.79 Å². The van der Waals surface area contributed by atoms with Crippen molar-refractivity contribution in [1.29, 1.82) is 0 Å². The van der Waals surface area contributed by atoms with Crippen molar-refractivity contribution in [3.05, 3.63) is 47.0 Å². The molecule has 1 aliphatic heterocycles. The molecule has 0 atom stereocenters. The fourth-order valence-corrected chi connectivity index (χ4v) is 4.38. The zero-order valence-electron chi connectivity index (χ0n) is 14.5. The number of hydrogen-bond acceptors (Lipinski definition) is 2. The Labute approximate surface area is 144 Å². The summed E-state index contributed by atoms with van der Waals surface area (Å²) < 4.78 is 0. The number of nitrogens with one attached hydrogen (secondary N) is 1. The molecule has 1 N–H and O–H groups in total. The van der Waals surface area contributed by atoms with Crippen LogP contribution in [0.2, 0.25) is 0 Å². The van der Waals surface area contributed by atoms with E-state index in [4.69, 9.17) is 0 Å². The highest BCUT2D eigenvalue weighted by Crippen LogP contribution is 2.33. The van der Waals surface area contributed by atoms with E-state index in [0.717, 1.165) is 62.2 Å². The van der Waals surface area contributed by atoms with Crippen molar-refractivity contribution in [3.8, 4) is 0 Å². The van der Waals surface area contributed by atoms with Crippen LogP contribution in [-0.4, -0.2) is 37.5 Å². The fourth-order valence-electron chi connectivity index (χ4n) is 4.38. The molecule has 3 nitrogen and oxygen atoms in total. The van der Waals surface area contributed by atoms with Crippen LogP contribution < -0.4 is 5.32 Å². The monoisotopic (exact) mass is 322 g/mol. The van der Waals surface area contributed by atoms with Crippen molar-refractivity contribution < 1.29 is 4.79 Å². The van der Waals surface area contributed by atoms with Gasteiger partial charge in [-0.2, -0.15) is 0 Å². The predicted molar refractivity (Wildman–Crippen MR) is 98.5 cm³/mol. The van der Waals surface area contributed by atoms with E-state index in [0.29, 0.717) is 0 Å². The zero-order chi connectivity index (χ0) is 16.5. The molecule has 1 heterocycles. The fraction of sp³-hybridized carbons (Fsp3) is 0.476. The van der Waals surface area contributed by atoms with Crippen LogP contribution in [0.3, 0.4) is 0 Å². The molecule has 2 aromatic rings. The van der Waals surface area contributed by atoms with Gasteiger partial charge in [-0.15, -0.1) is 0 Å². The van der Waals surface area contributed by atoms with Crippen LogP contribution in [0, 0.1) is 5.92 Å². The lowest BCUT2D eigenvalue weighted by molar-refractivity contribution is 0.0689. The number of carbonyl (C=O) groups excluding carboxylic acids is 1. The first-order valence-corrected chi connectivity index (χ1v) is 9.25. The first-order chi connectivity index (χ1) is 11.8. The molecule has 1 fully saturated rings. The third-order valence-electron chi connectivity index (χ3n) is 5.81. The summed E-state index contributed by atoms with van der Waals surface area (Å²) in [5, 5.41) is 5.73. The Morgan fingerprint density at radius 1 is 1.12 bits per heavy atom. The summed E-state index contributed by atoms with van der Waals surface area (Å²) in [5.41, 5.74) is 3.71. The molecule has 2 aliphatic rings. The first-order valence-electron chi connectivity index (χ1n) is 9.25. The molecule has 2 aromatic carbocycles. The Balaban J connectivity index is 1.55. The topological polar surface area (TPSA) is 32.3 Å². The molecule has 0 bridgehead atoms. The van der Waals surface area contributed by atoms with Crippen molar-refractivity contribution in [2.45, 2.75) is 32.1 Å². The van der Waals surface area contributed by atoms with Crippen LogP contribution in [0.25, 0.3) is 10.8 Å². The number of benzene rings is 2. The minimum atomic E-state index is 0.220. The van der Waals surface area contributed by atoms with E-state index >= 15 is 0 Å². The number of aryl methyl sites for hydroxylation is 2. The summed E-state index contributed by atoms with van der Waals surface area (Å²) in [4.78, 5) is 15.2. The van der Waals surface area contributed by atoms with Gasteiger partial charge in [0, 0.05) is 18.7 Å². The lowest BCUT2D eigenvalue weighted by atomic mass is 9.92. The molecule has 3 heteroatoms. The van der Waals surface area contributed by atoms with Crippen molar-refractivity contribution in [3.63, 3.8) is 0 Å². The lowest BCUT2D eigenvalue weighted by Crippen LogP contribution is -2.39. The van der Waals surface area contributed by atoms with Crippen molar-refractivity contribution in [2.24, 2.45) is 5.92 Å².